The number of nitrogens with zero attached hydrogens (tertiary/aromatic N) is 1. The maximum atomic E-state index is 11.2. The highest BCUT2D eigenvalue weighted by atomic mass is 16.5. The van der Waals surface area contributed by atoms with Gasteiger partial charge in [-0.15, -0.1) is 0 Å². The van der Waals surface area contributed by atoms with E-state index in [9.17, 15) is 4.79 Å². The number of H-pyrrole nitrogens is 1. The molecule has 2 aromatic rings. The Kier molecular flexibility index (Phi) is 14.1. The Morgan fingerprint density at radius 3 is 2.19 bits per heavy atom. The van der Waals surface area contributed by atoms with Crippen LogP contribution in [-0.4, -0.2) is 54.2 Å². The van der Waals surface area contributed by atoms with Crippen molar-refractivity contribution in [1.29, 1.82) is 0 Å². The van der Waals surface area contributed by atoms with Gasteiger partial charge in [-0.05, 0) is 38.8 Å². The van der Waals surface area contributed by atoms with E-state index in [0.717, 1.165) is 25.9 Å². The Morgan fingerprint density at radius 1 is 1.06 bits per heavy atom. The number of aromatic amines is 1. The summed E-state index contributed by atoms with van der Waals surface area (Å²) >= 11 is 0. The molecule has 0 aliphatic carbocycles. The maximum absolute atomic E-state index is 11.2. The number of aromatic nitrogens is 1. The number of hydrogen-bond acceptors (Lipinski definition) is 3. The van der Waals surface area contributed by atoms with Crippen molar-refractivity contribution >= 4 is 17.3 Å². The zero-order chi connectivity index (χ0) is 24.0. The first-order chi connectivity index (χ1) is 14.9. The first kappa shape index (κ1) is 29.1. The molecule has 1 aromatic heterocycles. The SMILES string of the molecule is CC.CC.CC.COC(C)(C)C.O=CN1CCC2NCC(c3c[nH]c4ccccc34)C21. The number of carbonyl (C=O) groups excluding carboxylic acids is 1. The molecule has 3 heterocycles. The number of nitrogens with one attached hydrogen (secondary N) is 2. The molecule has 1 aromatic carbocycles. The van der Waals surface area contributed by atoms with Crippen molar-refractivity contribution in [1.82, 2.24) is 15.2 Å². The second kappa shape index (κ2) is 15.0. The number of carbonyl (C=O) groups is 1. The molecule has 1 amide bonds. The van der Waals surface area contributed by atoms with E-state index in [1.54, 1.807) is 7.11 Å². The summed E-state index contributed by atoms with van der Waals surface area (Å²) < 4.78 is 4.94. The monoisotopic (exact) mass is 433 g/mol. The summed E-state index contributed by atoms with van der Waals surface area (Å²) in [5.74, 6) is 0.397. The van der Waals surface area contributed by atoms with E-state index < -0.39 is 0 Å². The average Bonchev–Trinajstić information content (AvgIpc) is 3.53. The summed E-state index contributed by atoms with van der Waals surface area (Å²) in [5.41, 5.74) is 2.56. The minimum absolute atomic E-state index is 0.0417. The molecule has 2 saturated heterocycles. The smallest absolute Gasteiger partial charge is 0.210 e. The number of benzene rings is 1. The second-order valence-electron chi connectivity index (χ2n) is 7.85. The summed E-state index contributed by atoms with van der Waals surface area (Å²) in [6, 6.07) is 9.16. The predicted octanol–water partition coefficient (Wildman–Crippen LogP) is 5.96. The quantitative estimate of drug-likeness (QED) is 0.574. The van der Waals surface area contributed by atoms with Crippen molar-refractivity contribution < 1.29 is 9.53 Å². The van der Waals surface area contributed by atoms with Gasteiger partial charge in [0.25, 0.3) is 0 Å². The van der Waals surface area contributed by atoms with Crippen LogP contribution < -0.4 is 5.32 Å². The molecule has 0 saturated carbocycles. The third kappa shape index (κ3) is 7.97. The zero-order valence-corrected chi connectivity index (χ0v) is 21.6. The van der Waals surface area contributed by atoms with Gasteiger partial charge in [-0.1, -0.05) is 59.7 Å². The van der Waals surface area contributed by atoms with Crippen LogP contribution in [-0.2, 0) is 9.53 Å². The van der Waals surface area contributed by atoms with Crippen LogP contribution in [0.5, 0.6) is 0 Å². The van der Waals surface area contributed by atoms with Crippen LogP contribution in [0.25, 0.3) is 10.9 Å². The highest BCUT2D eigenvalue weighted by Gasteiger charge is 2.44. The summed E-state index contributed by atoms with van der Waals surface area (Å²) in [7, 11) is 1.71. The van der Waals surface area contributed by atoms with Crippen molar-refractivity contribution in [3.8, 4) is 0 Å². The second-order valence-corrected chi connectivity index (χ2v) is 7.85. The van der Waals surface area contributed by atoms with Crippen molar-refractivity contribution in [3.63, 3.8) is 0 Å². The number of likely N-dealkylation sites (tertiary alicyclic amines) is 1. The lowest BCUT2D eigenvalue weighted by Crippen LogP contribution is -2.36. The Hall–Kier alpha value is -1.85. The third-order valence-electron chi connectivity index (χ3n) is 5.27. The van der Waals surface area contributed by atoms with Gasteiger partial charge in [0.15, 0.2) is 0 Å². The molecular weight excluding hydrogens is 386 g/mol. The lowest BCUT2D eigenvalue weighted by Gasteiger charge is -2.25. The standard InChI is InChI=1S/C15H17N3O.C5H12O.3C2H6/c19-9-18-6-5-14-15(18)12(8-17-14)11-7-16-13-4-2-1-3-10(11)13;1-5(2,3)6-4;3*1-2/h1-4,7,9,12,14-17H,5-6,8H2;1-4H3;3*1-2H3. The molecule has 2 fully saturated rings. The first-order valence-electron chi connectivity index (χ1n) is 12.0. The molecule has 0 radical (unpaired) electrons. The number of methoxy groups -OCH3 is 1. The molecule has 178 valence electrons. The van der Waals surface area contributed by atoms with E-state index in [0.29, 0.717) is 18.0 Å². The number of ether oxygens (including phenoxy) is 1. The highest BCUT2D eigenvalue weighted by Crippen LogP contribution is 2.37. The van der Waals surface area contributed by atoms with Crippen LogP contribution in [0.1, 0.15) is 80.2 Å². The van der Waals surface area contributed by atoms with E-state index in [-0.39, 0.29) is 5.60 Å². The normalized spacial score (nSPS) is 21.2. The molecule has 31 heavy (non-hydrogen) atoms. The molecule has 0 spiro atoms. The first-order valence-corrected chi connectivity index (χ1v) is 12.0. The fourth-order valence-electron chi connectivity index (χ4n) is 3.79. The van der Waals surface area contributed by atoms with Gasteiger partial charge in [0.2, 0.25) is 6.41 Å². The van der Waals surface area contributed by atoms with E-state index >= 15 is 0 Å². The van der Waals surface area contributed by atoms with Gasteiger partial charge in [0.1, 0.15) is 0 Å². The van der Waals surface area contributed by atoms with Crippen LogP contribution in [0, 0.1) is 0 Å². The minimum Gasteiger partial charge on any atom is -0.379 e. The third-order valence-corrected chi connectivity index (χ3v) is 5.27. The lowest BCUT2D eigenvalue weighted by molar-refractivity contribution is -0.119. The van der Waals surface area contributed by atoms with Gasteiger partial charge in [-0.2, -0.15) is 0 Å². The summed E-state index contributed by atoms with van der Waals surface area (Å²) in [6.45, 7) is 19.9. The summed E-state index contributed by atoms with van der Waals surface area (Å²) in [5, 5.41) is 4.86. The fourth-order valence-corrected chi connectivity index (χ4v) is 3.79. The van der Waals surface area contributed by atoms with Gasteiger partial charge < -0.3 is 19.9 Å². The van der Waals surface area contributed by atoms with Crippen molar-refractivity contribution in [2.75, 3.05) is 20.2 Å². The van der Waals surface area contributed by atoms with Crippen LogP contribution in [0.2, 0.25) is 0 Å². The van der Waals surface area contributed by atoms with E-state index in [1.165, 1.54) is 16.5 Å². The maximum Gasteiger partial charge on any atom is 0.210 e. The molecule has 5 nitrogen and oxygen atoms in total. The summed E-state index contributed by atoms with van der Waals surface area (Å²) in [6.07, 6.45) is 4.20. The molecule has 2 N–H and O–H groups in total. The molecule has 2 aliphatic rings. The fraction of sp³-hybridized carbons (Fsp3) is 0.654. The molecule has 3 unspecified atom stereocenters. The van der Waals surface area contributed by atoms with Crippen LogP contribution in [0.3, 0.4) is 0 Å². The number of fused-ring (bicyclic) bond motifs is 2. The van der Waals surface area contributed by atoms with E-state index in [1.807, 2.05) is 73.3 Å². The number of rotatable bonds is 2. The Morgan fingerprint density at radius 2 is 1.65 bits per heavy atom. The van der Waals surface area contributed by atoms with Gasteiger partial charge in [0.05, 0.1) is 11.6 Å². The number of para-hydroxylation sites is 1. The number of hydrogen-bond donors (Lipinski definition) is 2. The van der Waals surface area contributed by atoms with Crippen LogP contribution in [0.15, 0.2) is 30.5 Å². The Bertz CT molecular complexity index is 721. The van der Waals surface area contributed by atoms with Gasteiger partial charge in [-0.3, -0.25) is 4.79 Å². The minimum atomic E-state index is 0.0417. The molecule has 0 bridgehead atoms. The van der Waals surface area contributed by atoms with Crippen molar-refractivity contribution in [3.05, 3.63) is 36.0 Å². The highest BCUT2D eigenvalue weighted by molar-refractivity contribution is 5.84. The Balaban J connectivity index is 0.000000641. The zero-order valence-electron chi connectivity index (χ0n) is 21.6. The molecular formula is C26H47N3O2. The molecule has 2 aliphatic heterocycles. The molecule has 4 rings (SSSR count). The average molecular weight is 434 g/mol. The molecule has 3 atom stereocenters. The van der Waals surface area contributed by atoms with E-state index in [4.69, 9.17) is 4.74 Å². The lowest BCUT2D eigenvalue weighted by atomic mass is 9.91. The predicted molar refractivity (Wildman–Crippen MR) is 135 cm³/mol. The van der Waals surface area contributed by atoms with Crippen LogP contribution in [0.4, 0.5) is 0 Å². The van der Waals surface area contributed by atoms with Crippen LogP contribution >= 0.6 is 0 Å². The largest absolute Gasteiger partial charge is 0.379 e. The van der Waals surface area contributed by atoms with Gasteiger partial charge in [0, 0.05) is 49.3 Å². The summed E-state index contributed by atoms with van der Waals surface area (Å²) in [4.78, 5) is 16.5. The van der Waals surface area contributed by atoms with Gasteiger partial charge >= 0.3 is 0 Å². The van der Waals surface area contributed by atoms with E-state index in [2.05, 4.69) is 34.7 Å². The number of amides is 1. The van der Waals surface area contributed by atoms with Gasteiger partial charge in [-0.25, -0.2) is 0 Å². The van der Waals surface area contributed by atoms with Crippen molar-refractivity contribution in [2.24, 2.45) is 0 Å². The molecule has 5 heteroatoms. The van der Waals surface area contributed by atoms with Crippen molar-refractivity contribution in [2.45, 2.75) is 92.3 Å². The topological polar surface area (TPSA) is 57.4 Å². The Labute approximate surface area is 190 Å².